The topological polar surface area (TPSA) is 58.0 Å². The van der Waals surface area contributed by atoms with Crippen LogP contribution in [0.5, 0.6) is 0 Å². The van der Waals surface area contributed by atoms with Crippen molar-refractivity contribution in [3.63, 3.8) is 0 Å². The molecule has 1 heterocycles. The summed E-state index contributed by atoms with van der Waals surface area (Å²) in [6.07, 6.45) is 2.77. The minimum Gasteiger partial charge on any atom is -0.396 e. The molecule has 5 heteroatoms. The first kappa shape index (κ1) is 10.4. The Hall–Kier alpha value is -0.680. The predicted octanol–water partition coefficient (Wildman–Crippen LogP) is 1.28. The number of aromatic nitrogens is 2. The fraction of sp³-hybridized carbons (Fsp3) is 0.750. The Morgan fingerprint density at radius 2 is 2.38 bits per heavy atom. The molecule has 1 aromatic heterocycles. The van der Waals surface area contributed by atoms with E-state index in [0.717, 1.165) is 36.8 Å². The number of rotatable bonds is 6. The third kappa shape index (κ3) is 3.69. The van der Waals surface area contributed by atoms with E-state index >= 15 is 0 Å². The van der Waals surface area contributed by atoms with Crippen LogP contribution < -0.4 is 5.32 Å². The summed E-state index contributed by atoms with van der Waals surface area (Å²) in [6.45, 7) is 3.09. The van der Waals surface area contributed by atoms with Gasteiger partial charge in [-0.05, 0) is 12.8 Å². The van der Waals surface area contributed by atoms with Gasteiger partial charge >= 0.3 is 0 Å². The van der Waals surface area contributed by atoms with Gasteiger partial charge in [-0.25, -0.2) is 4.98 Å². The van der Waals surface area contributed by atoms with Gasteiger partial charge in [-0.3, -0.25) is 0 Å². The summed E-state index contributed by atoms with van der Waals surface area (Å²) in [5.74, 6) is 0.916. The maximum Gasteiger partial charge on any atom is 0.202 e. The first-order chi connectivity index (χ1) is 6.36. The number of hydrogen-bond acceptors (Lipinski definition) is 5. The van der Waals surface area contributed by atoms with Gasteiger partial charge in [0.1, 0.15) is 5.82 Å². The molecule has 0 fully saturated rings. The van der Waals surface area contributed by atoms with Crippen molar-refractivity contribution in [2.24, 2.45) is 0 Å². The Balaban J connectivity index is 2.31. The van der Waals surface area contributed by atoms with E-state index in [1.807, 2.05) is 0 Å². The number of hydrogen-bond donors (Lipinski definition) is 2. The van der Waals surface area contributed by atoms with Gasteiger partial charge in [-0.1, -0.05) is 6.92 Å². The van der Waals surface area contributed by atoms with E-state index < -0.39 is 0 Å². The van der Waals surface area contributed by atoms with Crippen molar-refractivity contribution in [1.82, 2.24) is 9.36 Å². The maximum absolute atomic E-state index is 8.56. The molecule has 0 aliphatic rings. The van der Waals surface area contributed by atoms with Gasteiger partial charge in [0, 0.05) is 31.1 Å². The number of anilines is 1. The van der Waals surface area contributed by atoms with Gasteiger partial charge in [0.2, 0.25) is 5.13 Å². The molecule has 0 aliphatic heterocycles. The molecule has 1 aromatic rings. The van der Waals surface area contributed by atoms with Crippen LogP contribution in [0.15, 0.2) is 0 Å². The zero-order chi connectivity index (χ0) is 9.52. The van der Waals surface area contributed by atoms with Gasteiger partial charge in [0.05, 0.1) is 0 Å². The highest BCUT2D eigenvalue weighted by atomic mass is 32.1. The maximum atomic E-state index is 8.56. The average Bonchev–Trinajstić information content (AvgIpc) is 2.54. The van der Waals surface area contributed by atoms with Crippen LogP contribution in [0.2, 0.25) is 0 Å². The molecule has 0 bridgehead atoms. The average molecular weight is 201 g/mol. The third-order valence-corrected chi connectivity index (χ3v) is 2.26. The lowest BCUT2D eigenvalue weighted by Gasteiger charge is -1.97. The van der Waals surface area contributed by atoms with Crippen molar-refractivity contribution in [2.45, 2.75) is 26.2 Å². The van der Waals surface area contributed by atoms with E-state index in [9.17, 15) is 0 Å². The highest BCUT2D eigenvalue weighted by Crippen LogP contribution is 2.11. The molecule has 0 amide bonds. The minimum absolute atomic E-state index is 0.216. The highest BCUT2D eigenvalue weighted by Gasteiger charge is 2.01. The molecular weight excluding hydrogens is 186 g/mol. The number of aliphatic hydroxyl groups is 1. The van der Waals surface area contributed by atoms with E-state index in [1.165, 1.54) is 11.5 Å². The fourth-order valence-corrected chi connectivity index (χ4v) is 1.56. The van der Waals surface area contributed by atoms with Gasteiger partial charge < -0.3 is 10.4 Å². The van der Waals surface area contributed by atoms with Crippen LogP contribution in [0.1, 0.15) is 25.6 Å². The lowest BCUT2D eigenvalue weighted by Crippen LogP contribution is -2.02. The Morgan fingerprint density at radius 1 is 1.54 bits per heavy atom. The first-order valence-corrected chi connectivity index (χ1v) is 5.31. The van der Waals surface area contributed by atoms with Crippen molar-refractivity contribution >= 4 is 16.7 Å². The van der Waals surface area contributed by atoms with Gasteiger partial charge in [0.15, 0.2) is 0 Å². The second-order valence-electron chi connectivity index (χ2n) is 2.77. The Bertz CT molecular complexity index is 239. The molecular formula is C8H15N3OS. The van der Waals surface area contributed by atoms with Crippen LogP contribution in [-0.4, -0.2) is 27.6 Å². The third-order valence-electron chi connectivity index (χ3n) is 1.55. The summed E-state index contributed by atoms with van der Waals surface area (Å²) < 4.78 is 4.19. The second kappa shape index (κ2) is 5.88. The molecule has 0 radical (unpaired) electrons. The van der Waals surface area contributed by atoms with Crippen LogP contribution in [0, 0.1) is 0 Å². The summed E-state index contributed by atoms with van der Waals surface area (Å²) in [6, 6.07) is 0. The molecule has 13 heavy (non-hydrogen) atoms. The Morgan fingerprint density at radius 3 is 3.08 bits per heavy atom. The standard InChI is InChI=1S/C8H15N3OS/c1-2-4-7-10-8(13-11-7)9-5-3-6-12/h12H,2-6H2,1H3,(H,9,10,11). The zero-order valence-corrected chi connectivity index (χ0v) is 8.60. The van der Waals surface area contributed by atoms with Crippen molar-refractivity contribution in [3.8, 4) is 0 Å². The molecule has 74 valence electrons. The summed E-state index contributed by atoms with van der Waals surface area (Å²) in [4.78, 5) is 4.29. The molecule has 1 rings (SSSR count). The van der Waals surface area contributed by atoms with E-state index in [-0.39, 0.29) is 6.61 Å². The molecule has 0 aliphatic carbocycles. The normalized spacial score (nSPS) is 10.3. The molecule has 0 atom stereocenters. The number of aryl methyl sites for hydroxylation is 1. The summed E-state index contributed by atoms with van der Waals surface area (Å²) in [5, 5.41) is 12.5. The molecule has 4 nitrogen and oxygen atoms in total. The van der Waals surface area contributed by atoms with E-state index in [4.69, 9.17) is 5.11 Å². The first-order valence-electron chi connectivity index (χ1n) is 4.54. The van der Waals surface area contributed by atoms with Crippen molar-refractivity contribution in [3.05, 3.63) is 5.82 Å². The van der Waals surface area contributed by atoms with Crippen molar-refractivity contribution in [1.29, 1.82) is 0 Å². The second-order valence-corrected chi connectivity index (χ2v) is 3.52. The fourth-order valence-electron chi connectivity index (χ4n) is 0.925. The van der Waals surface area contributed by atoms with E-state index in [0.29, 0.717) is 0 Å². The van der Waals surface area contributed by atoms with Crippen LogP contribution in [0.25, 0.3) is 0 Å². The Labute approximate surface area is 82.2 Å². The monoisotopic (exact) mass is 201 g/mol. The SMILES string of the molecule is CCCc1nsc(NCCCO)n1. The molecule has 0 unspecified atom stereocenters. The van der Waals surface area contributed by atoms with Crippen molar-refractivity contribution < 1.29 is 5.11 Å². The molecule has 2 N–H and O–H groups in total. The largest absolute Gasteiger partial charge is 0.396 e. The van der Waals surface area contributed by atoms with Crippen LogP contribution >= 0.6 is 11.5 Å². The van der Waals surface area contributed by atoms with E-state index in [1.54, 1.807) is 0 Å². The lowest BCUT2D eigenvalue weighted by atomic mass is 10.3. The number of nitrogens with one attached hydrogen (secondary N) is 1. The predicted molar refractivity (Wildman–Crippen MR) is 54.1 cm³/mol. The van der Waals surface area contributed by atoms with Gasteiger partial charge in [0.25, 0.3) is 0 Å². The summed E-state index contributed by atoms with van der Waals surface area (Å²) in [7, 11) is 0. The van der Waals surface area contributed by atoms with Crippen LogP contribution in [0.3, 0.4) is 0 Å². The Kier molecular flexibility index (Phi) is 4.70. The number of nitrogens with zero attached hydrogens (tertiary/aromatic N) is 2. The number of aliphatic hydroxyl groups excluding tert-OH is 1. The molecule has 0 aromatic carbocycles. The molecule has 0 spiro atoms. The van der Waals surface area contributed by atoms with Crippen LogP contribution in [-0.2, 0) is 6.42 Å². The van der Waals surface area contributed by atoms with Gasteiger partial charge in [-0.15, -0.1) is 0 Å². The summed E-state index contributed by atoms with van der Waals surface area (Å²) in [5.41, 5.74) is 0. The lowest BCUT2D eigenvalue weighted by molar-refractivity contribution is 0.292. The molecule has 0 saturated carbocycles. The minimum atomic E-state index is 0.216. The van der Waals surface area contributed by atoms with E-state index in [2.05, 4.69) is 21.6 Å². The van der Waals surface area contributed by atoms with Crippen LogP contribution in [0.4, 0.5) is 5.13 Å². The molecule has 0 saturated heterocycles. The zero-order valence-electron chi connectivity index (χ0n) is 7.79. The highest BCUT2D eigenvalue weighted by molar-refractivity contribution is 7.09. The smallest absolute Gasteiger partial charge is 0.202 e. The quantitative estimate of drug-likeness (QED) is 0.681. The van der Waals surface area contributed by atoms with Crippen molar-refractivity contribution in [2.75, 3.05) is 18.5 Å². The summed E-state index contributed by atoms with van der Waals surface area (Å²) >= 11 is 1.39. The van der Waals surface area contributed by atoms with Gasteiger partial charge in [-0.2, -0.15) is 4.37 Å².